The van der Waals surface area contributed by atoms with Crippen molar-refractivity contribution in [2.45, 2.75) is 25.2 Å². The molecule has 0 atom stereocenters. The van der Waals surface area contributed by atoms with Crippen LogP contribution in [0.4, 0.5) is 5.69 Å². The van der Waals surface area contributed by atoms with Crippen LogP contribution in [0.2, 0.25) is 0 Å². The number of hydrogen-bond acceptors (Lipinski definition) is 5. The third-order valence-electron chi connectivity index (χ3n) is 5.15. The van der Waals surface area contributed by atoms with Crippen LogP contribution in [-0.2, 0) is 16.4 Å². The smallest absolute Gasteiger partial charge is 0.288 e. The summed E-state index contributed by atoms with van der Waals surface area (Å²) in [6, 6.07) is 9.64. The van der Waals surface area contributed by atoms with Crippen LogP contribution in [0.1, 0.15) is 18.3 Å². The van der Waals surface area contributed by atoms with Crippen molar-refractivity contribution in [2.75, 3.05) is 31.1 Å². The first-order valence-electron chi connectivity index (χ1n) is 9.31. The van der Waals surface area contributed by atoms with E-state index in [0.717, 1.165) is 5.69 Å². The highest BCUT2D eigenvalue weighted by molar-refractivity contribution is 7.89. The van der Waals surface area contributed by atoms with Crippen molar-refractivity contribution in [3.63, 3.8) is 0 Å². The summed E-state index contributed by atoms with van der Waals surface area (Å²) < 4.78 is 29.3. The second-order valence-corrected chi connectivity index (χ2v) is 8.92. The maximum atomic E-state index is 13.1. The van der Waals surface area contributed by atoms with E-state index in [0.29, 0.717) is 43.9 Å². The zero-order valence-corrected chi connectivity index (χ0v) is 16.7. The van der Waals surface area contributed by atoms with E-state index in [2.05, 4.69) is 21.2 Å². The summed E-state index contributed by atoms with van der Waals surface area (Å²) in [4.78, 5) is 14.4. The zero-order chi connectivity index (χ0) is 19.9. The predicted molar refractivity (Wildman–Crippen MR) is 107 cm³/mol. The molecule has 0 radical (unpaired) electrons. The lowest BCUT2D eigenvalue weighted by molar-refractivity contribution is 0.385. The van der Waals surface area contributed by atoms with Crippen molar-refractivity contribution in [2.24, 2.45) is 0 Å². The molecule has 0 amide bonds. The molecule has 0 unspecified atom stereocenters. The van der Waals surface area contributed by atoms with Crippen LogP contribution in [0.5, 0.6) is 0 Å². The van der Waals surface area contributed by atoms with E-state index in [9.17, 15) is 13.2 Å². The highest BCUT2D eigenvalue weighted by atomic mass is 32.2. The van der Waals surface area contributed by atoms with Gasteiger partial charge in [0.25, 0.3) is 5.56 Å². The predicted octanol–water partition coefficient (Wildman–Crippen LogP) is 1.40. The van der Waals surface area contributed by atoms with E-state index in [1.807, 2.05) is 32.0 Å². The number of benzene rings is 1. The molecule has 4 rings (SSSR count). The Morgan fingerprint density at radius 3 is 2.57 bits per heavy atom. The van der Waals surface area contributed by atoms with Gasteiger partial charge in [0.15, 0.2) is 0 Å². The number of piperazine rings is 1. The maximum absolute atomic E-state index is 13.1. The highest BCUT2D eigenvalue weighted by Gasteiger charge is 2.30. The van der Waals surface area contributed by atoms with Crippen LogP contribution < -0.4 is 10.5 Å². The number of H-pyrrole nitrogens is 1. The first kappa shape index (κ1) is 18.7. The van der Waals surface area contributed by atoms with Gasteiger partial charge < -0.3 is 4.90 Å². The fourth-order valence-corrected chi connectivity index (χ4v) is 5.05. The summed E-state index contributed by atoms with van der Waals surface area (Å²) in [5.41, 5.74) is 2.18. The molecule has 1 aliphatic heterocycles. The Bertz CT molecular complexity index is 1170. The van der Waals surface area contributed by atoms with Crippen LogP contribution in [0.3, 0.4) is 0 Å². The average molecular weight is 401 g/mol. The fraction of sp³-hybridized carbons (Fsp3) is 0.368. The van der Waals surface area contributed by atoms with E-state index < -0.39 is 15.6 Å². The summed E-state index contributed by atoms with van der Waals surface area (Å²) in [6.07, 6.45) is 2.08. The van der Waals surface area contributed by atoms with Crippen LogP contribution >= 0.6 is 0 Å². The van der Waals surface area contributed by atoms with Gasteiger partial charge in [-0.25, -0.2) is 13.5 Å². The fourth-order valence-electron chi connectivity index (χ4n) is 3.60. The van der Waals surface area contributed by atoms with Crippen LogP contribution in [-0.4, -0.2) is 53.5 Å². The molecule has 2 aromatic heterocycles. The van der Waals surface area contributed by atoms with Crippen LogP contribution in [0.15, 0.2) is 46.2 Å². The van der Waals surface area contributed by atoms with Crippen LogP contribution in [0.25, 0.3) is 5.52 Å². The standard InChI is InChI=1S/C19H23N5O3S/c1-3-18-20-21-19(25)17-12-16(13-24(17)18)28(26,27)23-9-7-22(8-10-23)15-6-4-5-14(2)11-15/h4-6,11-13H,3,7-10H2,1-2H3,(H,21,25). The number of anilines is 1. The Morgan fingerprint density at radius 2 is 1.89 bits per heavy atom. The highest BCUT2D eigenvalue weighted by Crippen LogP contribution is 2.23. The number of fused-ring (bicyclic) bond motifs is 1. The minimum atomic E-state index is -3.67. The molecule has 148 valence electrons. The van der Waals surface area contributed by atoms with Crippen molar-refractivity contribution in [3.8, 4) is 0 Å². The summed E-state index contributed by atoms with van der Waals surface area (Å²) in [7, 11) is -3.67. The molecule has 0 aliphatic carbocycles. The Hall–Kier alpha value is -2.65. The number of aryl methyl sites for hydroxylation is 2. The van der Waals surface area contributed by atoms with Crippen molar-refractivity contribution in [1.29, 1.82) is 0 Å². The molecule has 1 saturated heterocycles. The van der Waals surface area contributed by atoms with Gasteiger partial charge in [-0.1, -0.05) is 19.1 Å². The van der Waals surface area contributed by atoms with Gasteiger partial charge >= 0.3 is 0 Å². The third-order valence-corrected chi connectivity index (χ3v) is 7.02. The minimum Gasteiger partial charge on any atom is -0.369 e. The molecule has 3 heterocycles. The summed E-state index contributed by atoms with van der Waals surface area (Å²) in [6.45, 7) is 5.99. The quantitative estimate of drug-likeness (QED) is 0.714. The number of hydrogen-bond donors (Lipinski definition) is 1. The number of rotatable bonds is 4. The Balaban J connectivity index is 1.59. The molecule has 3 aromatic rings. The van der Waals surface area contributed by atoms with Gasteiger partial charge in [-0.15, -0.1) is 0 Å². The second kappa shape index (κ2) is 7.06. The van der Waals surface area contributed by atoms with Gasteiger partial charge in [-0.2, -0.15) is 9.40 Å². The maximum Gasteiger partial charge on any atom is 0.288 e. The molecule has 0 spiro atoms. The average Bonchev–Trinajstić information content (AvgIpc) is 3.16. The topological polar surface area (TPSA) is 90.8 Å². The summed E-state index contributed by atoms with van der Waals surface area (Å²) >= 11 is 0. The molecular formula is C19H23N5O3S. The van der Waals surface area contributed by atoms with Gasteiger partial charge in [0, 0.05) is 44.5 Å². The van der Waals surface area contributed by atoms with Crippen molar-refractivity contribution in [3.05, 3.63) is 58.3 Å². The van der Waals surface area contributed by atoms with Gasteiger partial charge in [0.05, 0.1) is 0 Å². The molecule has 1 N–H and O–H groups in total. The molecule has 8 nitrogen and oxygen atoms in total. The molecule has 1 aliphatic rings. The lowest BCUT2D eigenvalue weighted by Gasteiger charge is -2.35. The van der Waals surface area contributed by atoms with Gasteiger partial charge in [0.1, 0.15) is 16.2 Å². The monoisotopic (exact) mass is 401 g/mol. The zero-order valence-electron chi connectivity index (χ0n) is 15.9. The first-order valence-corrected chi connectivity index (χ1v) is 10.8. The molecule has 1 aromatic carbocycles. The Kier molecular flexibility index (Phi) is 4.72. The van der Waals surface area contributed by atoms with Gasteiger partial charge in [-0.05, 0) is 30.7 Å². The molecule has 1 fully saturated rings. The normalized spacial score (nSPS) is 16.0. The largest absolute Gasteiger partial charge is 0.369 e. The van der Waals surface area contributed by atoms with E-state index in [-0.39, 0.29) is 4.90 Å². The number of nitrogens with zero attached hydrogens (tertiary/aromatic N) is 4. The summed E-state index contributed by atoms with van der Waals surface area (Å²) in [5.74, 6) is 0.611. The molecule has 9 heteroatoms. The second-order valence-electron chi connectivity index (χ2n) is 6.98. The molecular weight excluding hydrogens is 378 g/mol. The van der Waals surface area contributed by atoms with E-state index >= 15 is 0 Å². The molecule has 0 saturated carbocycles. The van der Waals surface area contributed by atoms with Crippen molar-refractivity contribution in [1.82, 2.24) is 18.9 Å². The minimum absolute atomic E-state index is 0.129. The van der Waals surface area contributed by atoms with E-state index in [4.69, 9.17) is 0 Å². The van der Waals surface area contributed by atoms with Gasteiger partial charge in [0.2, 0.25) is 10.0 Å². The molecule has 0 bridgehead atoms. The number of nitrogens with one attached hydrogen (secondary N) is 1. The number of aromatic amines is 1. The molecule has 28 heavy (non-hydrogen) atoms. The Labute approximate surface area is 163 Å². The Morgan fingerprint density at radius 1 is 1.14 bits per heavy atom. The van der Waals surface area contributed by atoms with Gasteiger partial charge in [-0.3, -0.25) is 9.20 Å². The van der Waals surface area contributed by atoms with Crippen molar-refractivity contribution >= 4 is 21.2 Å². The SMILES string of the molecule is CCc1n[nH]c(=O)c2cc(S(=O)(=O)N3CCN(c4cccc(C)c4)CC3)cn12. The van der Waals surface area contributed by atoms with E-state index in [1.54, 1.807) is 4.40 Å². The van der Waals surface area contributed by atoms with Crippen LogP contribution in [0, 0.1) is 6.92 Å². The van der Waals surface area contributed by atoms with E-state index in [1.165, 1.54) is 22.1 Å². The lowest BCUT2D eigenvalue weighted by atomic mass is 10.2. The lowest BCUT2D eigenvalue weighted by Crippen LogP contribution is -2.48. The number of sulfonamides is 1. The number of aromatic nitrogens is 3. The first-order chi connectivity index (χ1) is 13.4. The van der Waals surface area contributed by atoms with Crippen molar-refractivity contribution < 1.29 is 8.42 Å². The third kappa shape index (κ3) is 3.20. The summed E-state index contributed by atoms with van der Waals surface area (Å²) in [5, 5.41) is 6.42.